The standard InChI is InChI=1S/C64H61N5O9/c1-42(46-16-8-3-9-17-46)65-63(74)68-52-30-24-44(23-22-43-14-6-2-7-15-43)38-51(52)64(62(68)73)55(60(71)67-34-32-66(33-35-67)40-45-25-31-53-54(39-45)77-41-76-53)57-61(72)78-58(48-20-12-5-13-21-48)56(47-18-10-4-11-19-47)69(57)59(64)49-26-28-50(29-27-49)75-37-36-70/h3-5,8-14,16-21,24-31,38-39,42,55-59,70H,2,6-7,15,32-37,40-41H2,1H3,(H,65,74)/t42-,55-,56-,57-,58+,59+,64-/m1/s1. The topological polar surface area (TPSA) is 150 Å². The van der Waals surface area contributed by atoms with Crippen LogP contribution in [-0.4, -0.2) is 95.8 Å². The van der Waals surface area contributed by atoms with Crippen LogP contribution in [0, 0.1) is 17.8 Å². The summed E-state index contributed by atoms with van der Waals surface area (Å²) >= 11 is 0. The maximum absolute atomic E-state index is 17.0. The number of anilines is 1. The van der Waals surface area contributed by atoms with E-state index in [0.717, 1.165) is 53.5 Å². The van der Waals surface area contributed by atoms with E-state index in [1.807, 2.05) is 140 Å². The lowest BCUT2D eigenvalue weighted by Gasteiger charge is -2.46. The Kier molecular flexibility index (Phi) is 14.0. The molecule has 12 rings (SSSR count). The average molecular weight is 1040 g/mol. The van der Waals surface area contributed by atoms with E-state index in [9.17, 15) is 5.11 Å². The Balaban J connectivity index is 1.06. The van der Waals surface area contributed by atoms with Crippen molar-refractivity contribution in [3.05, 3.63) is 202 Å². The number of cyclic esters (lactones) is 1. The van der Waals surface area contributed by atoms with Gasteiger partial charge in [0.2, 0.25) is 18.6 Å². The van der Waals surface area contributed by atoms with Crippen molar-refractivity contribution in [1.82, 2.24) is 20.0 Å². The fraction of sp³-hybridized carbons (Fsp3) is 0.312. The number of nitrogens with zero attached hydrogens (tertiary/aromatic N) is 4. The van der Waals surface area contributed by atoms with Crippen molar-refractivity contribution in [3.63, 3.8) is 0 Å². The molecule has 3 fully saturated rings. The molecule has 0 aromatic heterocycles. The van der Waals surface area contributed by atoms with Crippen LogP contribution in [0.25, 0.3) is 0 Å². The lowest BCUT2D eigenvalue weighted by atomic mass is 9.64. The van der Waals surface area contributed by atoms with Crippen LogP contribution in [0.2, 0.25) is 0 Å². The zero-order valence-corrected chi connectivity index (χ0v) is 43.5. The minimum Gasteiger partial charge on any atom is -0.491 e. The zero-order valence-electron chi connectivity index (χ0n) is 43.5. The second-order valence-corrected chi connectivity index (χ2v) is 20.9. The van der Waals surface area contributed by atoms with Gasteiger partial charge in [-0.05, 0) is 114 Å². The Morgan fingerprint density at radius 2 is 1.49 bits per heavy atom. The third-order valence-corrected chi connectivity index (χ3v) is 16.3. The van der Waals surface area contributed by atoms with Crippen LogP contribution >= 0.6 is 0 Å². The summed E-state index contributed by atoms with van der Waals surface area (Å²) in [5, 5.41) is 12.9. The number of urea groups is 1. The number of nitrogens with one attached hydrogen (secondary N) is 1. The molecule has 6 aliphatic rings. The first-order chi connectivity index (χ1) is 38.2. The second kappa shape index (κ2) is 21.7. The lowest BCUT2D eigenvalue weighted by Crippen LogP contribution is -2.59. The molecule has 4 amide bonds. The van der Waals surface area contributed by atoms with Crippen LogP contribution in [0.4, 0.5) is 10.5 Å². The van der Waals surface area contributed by atoms with Gasteiger partial charge in [-0.2, -0.15) is 0 Å². The number of fused-ring (bicyclic) bond motifs is 4. The molecule has 14 heteroatoms. The number of imide groups is 1. The summed E-state index contributed by atoms with van der Waals surface area (Å²) in [4.78, 5) is 72.1. The van der Waals surface area contributed by atoms with Gasteiger partial charge < -0.3 is 34.3 Å². The Morgan fingerprint density at radius 1 is 0.769 bits per heavy atom. The van der Waals surface area contributed by atoms with Gasteiger partial charge in [0.25, 0.3) is 0 Å². The number of aliphatic hydroxyl groups is 1. The Hall–Kier alpha value is -8.22. The molecule has 2 N–H and O–H groups in total. The van der Waals surface area contributed by atoms with Gasteiger partial charge in [0.15, 0.2) is 11.5 Å². The van der Waals surface area contributed by atoms with Crippen LogP contribution in [0.5, 0.6) is 17.2 Å². The van der Waals surface area contributed by atoms with Crippen molar-refractivity contribution >= 4 is 29.5 Å². The van der Waals surface area contributed by atoms with Crippen LogP contribution < -0.4 is 24.4 Å². The average Bonchev–Trinajstić information content (AvgIpc) is 2.69. The predicted octanol–water partition coefficient (Wildman–Crippen LogP) is 9.12. The smallest absolute Gasteiger partial charge is 0.329 e. The van der Waals surface area contributed by atoms with Gasteiger partial charge in [-0.3, -0.25) is 24.2 Å². The molecular formula is C64H61N5O9. The van der Waals surface area contributed by atoms with Crippen LogP contribution in [-0.2, 0) is 31.1 Å². The zero-order chi connectivity index (χ0) is 53.3. The molecule has 0 saturated carbocycles. The summed E-state index contributed by atoms with van der Waals surface area (Å²) in [6, 6.07) is 43.2. The molecule has 6 aromatic carbocycles. The molecule has 14 nitrogen and oxygen atoms in total. The Morgan fingerprint density at radius 3 is 2.21 bits per heavy atom. The number of carbonyl (C=O) groups excluding carboxylic acids is 4. The third kappa shape index (κ3) is 9.25. The summed E-state index contributed by atoms with van der Waals surface area (Å²) in [7, 11) is 0. The molecule has 1 aliphatic carbocycles. The van der Waals surface area contributed by atoms with Gasteiger partial charge in [0, 0.05) is 38.3 Å². The van der Waals surface area contributed by atoms with E-state index in [1.165, 1.54) is 4.90 Å². The highest BCUT2D eigenvalue weighted by molar-refractivity contribution is 6.24. The van der Waals surface area contributed by atoms with E-state index in [2.05, 4.69) is 33.0 Å². The van der Waals surface area contributed by atoms with Crippen LogP contribution in [0.3, 0.4) is 0 Å². The van der Waals surface area contributed by atoms with Crippen LogP contribution in [0.1, 0.15) is 95.8 Å². The molecule has 6 aromatic rings. The molecule has 0 radical (unpaired) electrons. The fourth-order valence-electron chi connectivity index (χ4n) is 12.7. The molecule has 7 atom stereocenters. The number of hydrogen-bond donors (Lipinski definition) is 2. The monoisotopic (exact) mass is 1040 g/mol. The molecular weight excluding hydrogens is 983 g/mol. The molecule has 3 saturated heterocycles. The molecule has 0 unspecified atom stereocenters. The number of hydrogen-bond acceptors (Lipinski definition) is 11. The van der Waals surface area contributed by atoms with Crippen LogP contribution in [0.15, 0.2) is 163 Å². The highest BCUT2D eigenvalue weighted by Crippen LogP contribution is 2.66. The normalized spacial score (nSPS) is 23.9. The predicted molar refractivity (Wildman–Crippen MR) is 292 cm³/mol. The number of esters is 1. The molecule has 1 spiro atoms. The van der Waals surface area contributed by atoms with Crippen molar-refractivity contribution in [2.45, 2.75) is 74.8 Å². The van der Waals surface area contributed by atoms with Crippen molar-refractivity contribution in [3.8, 4) is 29.1 Å². The number of morpholine rings is 1. The first kappa shape index (κ1) is 50.6. The number of piperazine rings is 1. The molecule has 0 bridgehead atoms. The van der Waals surface area contributed by atoms with E-state index in [4.69, 9.17) is 18.9 Å². The summed E-state index contributed by atoms with van der Waals surface area (Å²) in [5.74, 6) is 5.58. The largest absolute Gasteiger partial charge is 0.491 e. The number of carbonyl (C=O) groups is 4. The van der Waals surface area contributed by atoms with Gasteiger partial charge in [0.05, 0.1) is 36.3 Å². The van der Waals surface area contributed by atoms with E-state index in [0.29, 0.717) is 72.4 Å². The summed E-state index contributed by atoms with van der Waals surface area (Å²) in [5.41, 5.74) is 4.39. The Labute approximate surface area is 454 Å². The van der Waals surface area contributed by atoms with E-state index >= 15 is 19.2 Å². The highest BCUT2D eigenvalue weighted by Gasteiger charge is 2.76. The number of allylic oxidation sites excluding steroid dienone is 2. The van der Waals surface area contributed by atoms with Gasteiger partial charge in [-0.25, -0.2) is 9.69 Å². The van der Waals surface area contributed by atoms with Gasteiger partial charge in [0.1, 0.15) is 29.9 Å². The van der Waals surface area contributed by atoms with Gasteiger partial charge in [-0.1, -0.05) is 127 Å². The number of benzene rings is 6. The fourth-order valence-corrected chi connectivity index (χ4v) is 12.7. The van der Waals surface area contributed by atoms with Crippen molar-refractivity contribution in [2.24, 2.45) is 5.92 Å². The molecule has 78 heavy (non-hydrogen) atoms. The molecule has 5 heterocycles. The quantitative estimate of drug-likeness (QED) is 0.0945. The van der Waals surface area contributed by atoms with E-state index in [1.54, 1.807) is 23.1 Å². The summed E-state index contributed by atoms with van der Waals surface area (Å²) in [6.45, 7) is 4.11. The summed E-state index contributed by atoms with van der Waals surface area (Å²) < 4.78 is 23.9. The van der Waals surface area contributed by atoms with Crippen molar-refractivity contribution in [1.29, 1.82) is 0 Å². The first-order valence-corrected chi connectivity index (χ1v) is 27.1. The maximum atomic E-state index is 17.0. The second-order valence-electron chi connectivity index (χ2n) is 20.9. The summed E-state index contributed by atoms with van der Waals surface area (Å²) in [6.07, 6.45) is 5.23. The highest BCUT2D eigenvalue weighted by atomic mass is 16.7. The number of amides is 4. The molecule has 396 valence electrons. The van der Waals surface area contributed by atoms with Crippen molar-refractivity contribution < 1.29 is 43.2 Å². The maximum Gasteiger partial charge on any atom is 0.329 e. The molecule has 5 aliphatic heterocycles. The number of ether oxygens (including phenoxy) is 4. The Bertz CT molecular complexity index is 3320. The van der Waals surface area contributed by atoms with Crippen molar-refractivity contribution in [2.75, 3.05) is 51.1 Å². The number of aliphatic hydroxyl groups excluding tert-OH is 1. The third-order valence-electron chi connectivity index (χ3n) is 16.3. The lowest BCUT2D eigenvalue weighted by molar-refractivity contribution is -0.179. The first-order valence-electron chi connectivity index (χ1n) is 27.1. The van der Waals surface area contributed by atoms with Gasteiger partial charge >= 0.3 is 12.0 Å². The van der Waals surface area contributed by atoms with E-state index < -0.39 is 65.4 Å². The minimum atomic E-state index is -1.96. The van der Waals surface area contributed by atoms with E-state index in [-0.39, 0.29) is 20.0 Å². The minimum absolute atomic E-state index is 0.0557. The van der Waals surface area contributed by atoms with Gasteiger partial charge in [-0.15, -0.1) is 0 Å². The SMILES string of the molecule is C[C@@H](NC(=O)N1C(=O)[C@@]2(c3cc(C#CC4=CCCCC4)ccc31)[C@H](c1ccc(OCCO)cc1)N1[C@H](c3ccccc3)[C@H](c3ccccc3)OC(=O)[C@H]1[C@@H]2C(=O)N1CCN(Cc2ccc3c(c2)OCO3)CC1)c1ccccc1. The number of rotatable bonds is 11.